The second-order valence-corrected chi connectivity index (χ2v) is 14.7. The van der Waals surface area contributed by atoms with Gasteiger partial charge in [-0.1, -0.05) is 27.7 Å². The van der Waals surface area contributed by atoms with Gasteiger partial charge in [0.05, 0.1) is 4.87 Å². The molecule has 2 saturated heterocycles. The Morgan fingerprint density at radius 2 is 1.76 bits per heavy atom. The summed E-state index contributed by atoms with van der Waals surface area (Å²) in [5, 5.41) is 0. The van der Waals surface area contributed by atoms with Gasteiger partial charge in [0, 0.05) is 32.0 Å². The Morgan fingerprint density at radius 1 is 0.970 bits per heavy atom. The highest BCUT2D eigenvalue weighted by Gasteiger charge is 2.69. The molecule has 6 aliphatic rings. The molecule has 0 spiro atoms. The molecule has 33 heavy (non-hydrogen) atoms. The Morgan fingerprint density at radius 3 is 2.52 bits per heavy atom. The minimum Gasteiger partial charge on any atom is -0.462 e. The molecule has 0 bridgehead atoms. The first kappa shape index (κ1) is 23.1. The summed E-state index contributed by atoms with van der Waals surface area (Å²) in [6, 6.07) is 1.68. The molecule has 2 aliphatic heterocycles. The van der Waals surface area contributed by atoms with Crippen LogP contribution in [0.5, 0.6) is 0 Å². The summed E-state index contributed by atoms with van der Waals surface area (Å²) in [5.74, 6) is 4.93. The van der Waals surface area contributed by atoms with Crippen molar-refractivity contribution in [2.24, 2.45) is 46.3 Å². The number of esters is 1. The largest absolute Gasteiger partial charge is 0.462 e. The summed E-state index contributed by atoms with van der Waals surface area (Å²) in [6.45, 7) is 13.2. The molecule has 0 aromatic rings. The number of fused-ring (bicyclic) bond motifs is 9. The number of nitrogens with zero attached hydrogens (tertiary/aromatic N) is 1. The number of hydrogen-bond acceptors (Lipinski definition) is 3. The molecule has 3 nitrogen and oxygen atoms in total. The van der Waals surface area contributed by atoms with Crippen LogP contribution in [0.2, 0.25) is 0 Å². The predicted octanol–water partition coefficient (Wildman–Crippen LogP) is 6.67. The highest BCUT2D eigenvalue weighted by Crippen LogP contribution is 2.72. The number of hydrogen-bond donors (Lipinski definition) is 0. The van der Waals surface area contributed by atoms with E-state index in [0.717, 1.165) is 73.3 Å². The van der Waals surface area contributed by atoms with Gasteiger partial charge in [-0.25, -0.2) is 0 Å². The van der Waals surface area contributed by atoms with Gasteiger partial charge in [-0.3, -0.25) is 9.69 Å². The molecule has 4 aliphatic carbocycles. The van der Waals surface area contributed by atoms with Crippen LogP contribution in [0.4, 0.5) is 0 Å². The monoisotopic (exact) mass is 475 g/mol. The zero-order valence-corrected chi connectivity index (χ0v) is 22.4. The van der Waals surface area contributed by atoms with Crippen LogP contribution in [0.1, 0.15) is 98.8 Å². The maximum atomic E-state index is 11.6. The first-order chi connectivity index (χ1) is 15.6. The fourth-order valence-corrected chi connectivity index (χ4v) is 11.8. The average molecular weight is 476 g/mol. The van der Waals surface area contributed by atoms with Crippen LogP contribution in [0.15, 0.2) is 0 Å². The van der Waals surface area contributed by atoms with Crippen LogP contribution in [0.25, 0.3) is 0 Å². The van der Waals surface area contributed by atoms with E-state index in [2.05, 4.69) is 32.6 Å². The van der Waals surface area contributed by atoms with Crippen molar-refractivity contribution >= 4 is 17.6 Å². The van der Waals surface area contributed by atoms with E-state index in [1.54, 1.807) is 6.92 Å². The quantitative estimate of drug-likeness (QED) is 0.313. The Bertz CT molecular complexity index is 817. The number of halogens is 1. The SMILES string of the molecule is CC(=O)O[C@H]1CC[C@]2(C)[C@H]3CC[C@]4(C)[C@H]5[C@H](C)[C@H]6CC[C@H](C)CN6[C@H]5C[C@H]4[C@@H]3CC[C@@]2(Cl)C1. The maximum Gasteiger partial charge on any atom is 0.302 e. The lowest BCUT2D eigenvalue weighted by Crippen LogP contribution is -2.61. The lowest BCUT2D eigenvalue weighted by molar-refractivity contribution is -0.157. The number of carbonyl (C=O) groups is 1. The van der Waals surface area contributed by atoms with Crippen molar-refractivity contribution in [2.75, 3.05) is 6.54 Å². The summed E-state index contributed by atoms with van der Waals surface area (Å²) >= 11 is 7.52. The van der Waals surface area contributed by atoms with Crippen LogP contribution in [0, 0.1) is 46.3 Å². The minimum atomic E-state index is -0.199. The van der Waals surface area contributed by atoms with Crippen molar-refractivity contribution in [1.82, 2.24) is 4.90 Å². The molecule has 0 amide bonds. The summed E-state index contributed by atoms with van der Waals surface area (Å²) in [4.78, 5) is 14.4. The smallest absolute Gasteiger partial charge is 0.302 e. The van der Waals surface area contributed by atoms with Gasteiger partial charge in [0.25, 0.3) is 0 Å². The van der Waals surface area contributed by atoms with E-state index in [4.69, 9.17) is 16.3 Å². The normalized spacial score (nSPS) is 57.9. The Balaban J connectivity index is 1.27. The summed E-state index contributed by atoms with van der Waals surface area (Å²) in [6.07, 6.45) is 12.4. The third-order valence-electron chi connectivity index (χ3n) is 12.6. The molecule has 6 rings (SSSR count). The molecule has 0 N–H and O–H groups in total. The van der Waals surface area contributed by atoms with E-state index in [9.17, 15) is 4.79 Å². The van der Waals surface area contributed by atoms with Crippen LogP contribution in [-0.2, 0) is 9.53 Å². The topological polar surface area (TPSA) is 29.5 Å². The highest BCUT2D eigenvalue weighted by molar-refractivity contribution is 6.24. The maximum absolute atomic E-state index is 11.6. The van der Waals surface area contributed by atoms with Crippen molar-refractivity contribution in [1.29, 1.82) is 0 Å². The first-order valence-corrected chi connectivity index (χ1v) is 14.6. The number of piperidine rings is 1. The molecule has 4 heteroatoms. The van der Waals surface area contributed by atoms with E-state index >= 15 is 0 Å². The molecular weight excluding hydrogens is 430 g/mol. The van der Waals surface area contributed by atoms with Crippen molar-refractivity contribution in [3.05, 3.63) is 0 Å². The van der Waals surface area contributed by atoms with Gasteiger partial charge in [-0.15, -0.1) is 11.6 Å². The minimum absolute atomic E-state index is 0.0168. The van der Waals surface area contributed by atoms with Gasteiger partial charge in [0.15, 0.2) is 0 Å². The molecule has 0 aromatic carbocycles. The summed E-state index contributed by atoms with van der Waals surface area (Å²) < 4.78 is 5.66. The van der Waals surface area contributed by atoms with E-state index in [0.29, 0.717) is 5.41 Å². The molecule has 12 atom stereocenters. The Kier molecular flexibility index (Phi) is 5.34. The van der Waals surface area contributed by atoms with Crippen LogP contribution in [-0.4, -0.2) is 40.5 Å². The fourth-order valence-electron chi connectivity index (χ4n) is 11.2. The van der Waals surface area contributed by atoms with E-state index in [1.807, 2.05) is 0 Å². The molecule has 0 aromatic heterocycles. The van der Waals surface area contributed by atoms with Gasteiger partial charge in [-0.05, 0) is 104 Å². The zero-order valence-electron chi connectivity index (χ0n) is 21.6. The number of alkyl halides is 1. The highest BCUT2D eigenvalue weighted by atomic mass is 35.5. The second-order valence-electron chi connectivity index (χ2n) is 14.0. The van der Waals surface area contributed by atoms with Gasteiger partial charge in [0.2, 0.25) is 0 Å². The number of ether oxygens (including phenoxy) is 1. The van der Waals surface area contributed by atoms with Crippen molar-refractivity contribution in [3.63, 3.8) is 0 Å². The van der Waals surface area contributed by atoms with Crippen LogP contribution >= 0.6 is 11.6 Å². The molecule has 0 unspecified atom stereocenters. The predicted molar refractivity (Wildman–Crippen MR) is 133 cm³/mol. The number of rotatable bonds is 1. The van der Waals surface area contributed by atoms with E-state index in [-0.39, 0.29) is 22.4 Å². The zero-order chi connectivity index (χ0) is 23.3. The molecule has 4 saturated carbocycles. The van der Waals surface area contributed by atoms with Gasteiger partial charge in [-0.2, -0.15) is 0 Å². The Hall–Kier alpha value is -0.280. The van der Waals surface area contributed by atoms with E-state index < -0.39 is 0 Å². The van der Waals surface area contributed by atoms with Gasteiger partial charge < -0.3 is 4.74 Å². The third-order valence-corrected chi connectivity index (χ3v) is 13.4. The molecule has 186 valence electrons. The van der Waals surface area contributed by atoms with Crippen molar-refractivity contribution in [3.8, 4) is 0 Å². The lowest BCUT2D eigenvalue weighted by Gasteiger charge is -2.64. The Labute approximate surface area is 206 Å². The molecule has 2 heterocycles. The van der Waals surface area contributed by atoms with Crippen molar-refractivity contribution in [2.45, 2.75) is 122 Å². The fraction of sp³-hybridized carbons (Fsp3) is 0.966. The first-order valence-electron chi connectivity index (χ1n) is 14.2. The second kappa shape index (κ2) is 7.61. The van der Waals surface area contributed by atoms with Crippen LogP contribution < -0.4 is 0 Å². The summed E-state index contributed by atoms with van der Waals surface area (Å²) in [5.41, 5.74) is 0.699. The van der Waals surface area contributed by atoms with Gasteiger partial charge >= 0.3 is 5.97 Å². The molecule has 6 fully saturated rings. The standard InChI is InChI=1S/C29H46ClNO2/c1-17-6-7-24-18(2)26-25(31(24)16-17)14-23-21-9-13-29(30)15-20(33-19(3)32)8-12-28(29,5)22(21)10-11-27(23,26)4/h17-18,20-26H,6-16H2,1-5H3/t17-,18+,20-,21+,22-,23-,24+,25-,26-,27-,28+,29+/m0/s1. The van der Waals surface area contributed by atoms with Crippen molar-refractivity contribution < 1.29 is 9.53 Å². The lowest BCUT2D eigenvalue weighted by atomic mass is 9.44. The average Bonchev–Trinajstić information content (AvgIpc) is 3.20. The molecular formula is C29H46ClNO2. The summed E-state index contributed by atoms with van der Waals surface area (Å²) in [7, 11) is 0. The molecule has 0 radical (unpaired) electrons. The van der Waals surface area contributed by atoms with E-state index in [1.165, 1.54) is 45.1 Å². The van der Waals surface area contributed by atoms with Gasteiger partial charge in [0.1, 0.15) is 6.10 Å². The third kappa shape index (κ3) is 3.12. The number of carbonyl (C=O) groups excluding carboxylic acids is 1. The van der Waals surface area contributed by atoms with Crippen LogP contribution in [0.3, 0.4) is 0 Å².